The van der Waals surface area contributed by atoms with Gasteiger partial charge in [0.2, 0.25) is 22.7 Å². The number of hydrogen-bond acceptors (Lipinski definition) is 8. The first-order chi connectivity index (χ1) is 17.8. The number of β-amino-alcohol motifs (C(OH)–C–C–N with tert-alkyl or cyclic N) is 1. The zero-order chi connectivity index (χ0) is 26.0. The number of sulfonamides is 1. The number of aliphatic hydroxyl groups excluding tert-OH is 1. The van der Waals surface area contributed by atoms with E-state index in [0.717, 1.165) is 11.6 Å². The molecule has 2 aromatic carbocycles. The van der Waals surface area contributed by atoms with Crippen molar-refractivity contribution >= 4 is 15.9 Å². The minimum Gasteiger partial charge on any atom is -0.454 e. The molecule has 2 saturated heterocycles. The summed E-state index contributed by atoms with van der Waals surface area (Å²) in [4.78, 5) is 12.4. The predicted molar refractivity (Wildman–Crippen MR) is 128 cm³/mol. The van der Waals surface area contributed by atoms with Gasteiger partial charge in [-0.3, -0.25) is 4.79 Å². The largest absolute Gasteiger partial charge is 0.454 e. The van der Waals surface area contributed by atoms with Crippen LogP contribution in [0.1, 0.15) is 24.8 Å². The fraction of sp³-hybridized carbons (Fsp3) is 0.480. The number of hydrogen-bond donors (Lipinski definition) is 2. The molecule has 0 spiro atoms. The second-order valence-electron chi connectivity index (χ2n) is 9.33. The Hall–Kier alpha value is -2.77. The zero-order valence-electron chi connectivity index (χ0n) is 20.0. The second kappa shape index (κ2) is 10.9. The normalized spacial score (nSPS) is 26.1. The summed E-state index contributed by atoms with van der Waals surface area (Å²) in [5.74, 6) is 0.441. The summed E-state index contributed by atoms with van der Waals surface area (Å²) in [6.07, 6.45) is -1.17. The van der Waals surface area contributed by atoms with Crippen LogP contribution in [0.4, 0.5) is 4.39 Å². The maximum atomic E-state index is 13.8. The molecule has 3 heterocycles. The van der Waals surface area contributed by atoms with Gasteiger partial charge in [-0.2, -0.15) is 4.31 Å². The molecule has 5 rings (SSSR count). The quantitative estimate of drug-likeness (QED) is 0.570. The van der Waals surface area contributed by atoms with Crippen LogP contribution in [-0.4, -0.2) is 74.6 Å². The number of aliphatic hydroxyl groups is 1. The monoisotopic (exact) mass is 536 g/mol. The number of benzene rings is 2. The molecule has 0 bridgehead atoms. The molecule has 0 unspecified atom stereocenters. The first kappa shape index (κ1) is 25.9. The van der Waals surface area contributed by atoms with Crippen molar-refractivity contribution in [3.05, 3.63) is 53.8 Å². The molecule has 2 aromatic rings. The van der Waals surface area contributed by atoms with Crippen molar-refractivity contribution in [3.8, 4) is 11.5 Å². The van der Waals surface area contributed by atoms with Gasteiger partial charge >= 0.3 is 0 Å². The van der Waals surface area contributed by atoms with Crippen LogP contribution in [0.25, 0.3) is 0 Å². The van der Waals surface area contributed by atoms with E-state index in [1.54, 1.807) is 6.07 Å². The zero-order valence-corrected chi connectivity index (χ0v) is 20.9. The molecule has 0 radical (unpaired) electrons. The summed E-state index contributed by atoms with van der Waals surface area (Å²) in [5.41, 5.74) is 0.868. The molecule has 0 aromatic heterocycles. The van der Waals surface area contributed by atoms with Crippen LogP contribution < -0.4 is 14.8 Å². The van der Waals surface area contributed by atoms with Crippen LogP contribution in [-0.2, 0) is 30.8 Å². The fourth-order valence-electron chi connectivity index (χ4n) is 4.86. The van der Waals surface area contributed by atoms with Gasteiger partial charge in [0.25, 0.3) is 0 Å². The SMILES string of the molecule is O=C(C[C@@H]1CC[C@@H]2[C@H](COC[C@H](O)CN2S(=O)(=O)c2cccc(F)c2)O1)NCc1ccc2c(c1)OCO2. The minimum absolute atomic E-state index is 0.0617. The lowest BCUT2D eigenvalue weighted by atomic mass is 9.96. The number of rotatable bonds is 6. The third kappa shape index (κ3) is 5.88. The lowest BCUT2D eigenvalue weighted by Crippen LogP contribution is -2.57. The van der Waals surface area contributed by atoms with Gasteiger partial charge in [-0.05, 0) is 48.7 Å². The van der Waals surface area contributed by atoms with Crippen LogP contribution in [0.2, 0.25) is 0 Å². The smallest absolute Gasteiger partial charge is 0.243 e. The number of fused-ring (bicyclic) bond motifs is 2. The highest BCUT2D eigenvalue weighted by Gasteiger charge is 2.43. The van der Waals surface area contributed by atoms with E-state index < -0.39 is 40.2 Å². The molecule has 2 fully saturated rings. The predicted octanol–water partition coefficient (Wildman–Crippen LogP) is 1.56. The molecule has 0 aliphatic carbocycles. The Balaban J connectivity index is 1.23. The molecular formula is C25H29FN2O8S. The highest BCUT2D eigenvalue weighted by Crippen LogP contribution is 2.33. The summed E-state index contributed by atoms with van der Waals surface area (Å²) in [5, 5.41) is 13.2. The van der Waals surface area contributed by atoms with Crippen LogP contribution in [0.15, 0.2) is 47.4 Å². The lowest BCUT2D eigenvalue weighted by molar-refractivity contribution is -0.146. The lowest BCUT2D eigenvalue weighted by Gasteiger charge is -2.43. The molecule has 0 saturated carbocycles. The van der Waals surface area contributed by atoms with Crippen LogP contribution in [0.5, 0.6) is 11.5 Å². The van der Waals surface area contributed by atoms with Crippen molar-refractivity contribution in [1.82, 2.24) is 9.62 Å². The van der Waals surface area contributed by atoms with E-state index in [-0.39, 0.29) is 43.8 Å². The van der Waals surface area contributed by atoms with Gasteiger partial charge in [0.1, 0.15) is 5.82 Å². The summed E-state index contributed by atoms with van der Waals surface area (Å²) >= 11 is 0. The van der Waals surface area contributed by atoms with E-state index in [1.807, 2.05) is 12.1 Å². The number of carbonyl (C=O) groups is 1. The number of carbonyl (C=O) groups excluding carboxylic acids is 1. The third-order valence-corrected chi connectivity index (χ3v) is 8.56. The molecule has 3 aliphatic heterocycles. The standard InChI is InChI=1S/C25H29FN2O8S/c26-17-2-1-3-20(9-17)37(31,32)28-12-18(29)13-33-14-24-21(28)6-5-19(36-24)10-25(30)27-11-16-4-7-22-23(8-16)35-15-34-22/h1-4,7-9,18-19,21,24,29H,5-6,10-15H2,(H,27,30)/t18-,19+,21-,24+/m1/s1. The van der Waals surface area contributed by atoms with Crippen molar-refractivity contribution in [2.45, 2.75) is 55.1 Å². The van der Waals surface area contributed by atoms with E-state index in [4.69, 9.17) is 18.9 Å². The Morgan fingerprint density at radius 3 is 2.78 bits per heavy atom. The topological polar surface area (TPSA) is 124 Å². The Morgan fingerprint density at radius 2 is 1.95 bits per heavy atom. The molecule has 37 heavy (non-hydrogen) atoms. The van der Waals surface area contributed by atoms with E-state index in [9.17, 15) is 22.7 Å². The van der Waals surface area contributed by atoms with Crippen molar-refractivity contribution < 1.29 is 41.7 Å². The average Bonchev–Trinajstić information content (AvgIpc) is 3.33. The van der Waals surface area contributed by atoms with Gasteiger partial charge in [0, 0.05) is 13.1 Å². The van der Waals surface area contributed by atoms with Crippen molar-refractivity contribution in [2.75, 3.05) is 26.6 Å². The highest BCUT2D eigenvalue weighted by atomic mass is 32.2. The van der Waals surface area contributed by atoms with Crippen LogP contribution >= 0.6 is 0 Å². The minimum atomic E-state index is -4.11. The number of amides is 1. The Bertz CT molecular complexity index is 1240. The summed E-state index contributed by atoms with van der Waals surface area (Å²) in [6.45, 7) is 0.281. The molecule has 12 heteroatoms. The third-order valence-electron chi connectivity index (χ3n) is 6.68. The molecular weight excluding hydrogens is 507 g/mol. The summed E-state index contributed by atoms with van der Waals surface area (Å²) in [7, 11) is -4.11. The van der Waals surface area contributed by atoms with Gasteiger partial charge in [0.05, 0.1) is 48.9 Å². The van der Waals surface area contributed by atoms with Crippen molar-refractivity contribution in [3.63, 3.8) is 0 Å². The van der Waals surface area contributed by atoms with Crippen LogP contribution in [0, 0.1) is 5.82 Å². The van der Waals surface area contributed by atoms with Crippen molar-refractivity contribution in [1.29, 1.82) is 0 Å². The molecule has 200 valence electrons. The number of halogens is 1. The van der Waals surface area contributed by atoms with Gasteiger partial charge < -0.3 is 29.4 Å². The van der Waals surface area contributed by atoms with E-state index in [1.165, 1.54) is 22.5 Å². The molecule has 4 atom stereocenters. The molecule has 10 nitrogen and oxygen atoms in total. The number of ether oxygens (including phenoxy) is 4. The van der Waals surface area contributed by atoms with Gasteiger partial charge in [-0.25, -0.2) is 12.8 Å². The Kier molecular flexibility index (Phi) is 7.63. The maximum Gasteiger partial charge on any atom is 0.243 e. The molecule has 2 N–H and O–H groups in total. The Morgan fingerprint density at radius 1 is 1.11 bits per heavy atom. The second-order valence-corrected chi connectivity index (χ2v) is 11.2. The molecule has 1 amide bonds. The maximum absolute atomic E-state index is 13.8. The number of nitrogens with one attached hydrogen (secondary N) is 1. The fourth-order valence-corrected chi connectivity index (χ4v) is 6.61. The van der Waals surface area contributed by atoms with Crippen LogP contribution in [0.3, 0.4) is 0 Å². The van der Waals surface area contributed by atoms with E-state index in [0.29, 0.717) is 30.9 Å². The van der Waals surface area contributed by atoms with Gasteiger partial charge in [0.15, 0.2) is 11.5 Å². The highest BCUT2D eigenvalue weighted by molar-refractivity contribution is 7.89. The number of nitrogens with zero attached hydrogens (tertiary/aromatic N) is 1. The van der Waals surface area contributed by atoms with Gasteiger partial charge in [-0.15, -0.1) is 0 Å². The van der Waals surface area contributed by atoms with E-state index >= 15 is 0 Å². The average molecular weight is 537 g/mol. The Labute approximate surface area is 214 Å². The molecule has 3 aliphatic rings. The first-order valence-electron chi connectivity index (χ1n) is 12.1. The van der Waals surface area contributed by atoms with Gasteiger partial charge in [-0.1, -0.05) is 12.1 Å². The first-order valence-corrected chi connectivity index (χ1v) is 13.6. The van der Waals surface area contributed by atoms with E-state index in [2.05, 4.69) is 5.32 Å². The summed E-state index contributed by atoms with van der Waals surface area (Å²) in [6, 6.07) is 9.62. The van der Waals surface area contributed by atoms with Crippen molar-refractivity contribution in [2.24, 2.45) is 0 Å². The summed E-state index contributed by atoms with van der Waals surface area (Å²) < 4.78 is 64.2.